The molecule has 24 heavy (non-hydrogen) atoms. The summed E-state index contributed by atoms with van der Waals surface area (Å²) in [6.07, 6.45) is 4.16. The van der Waals surface area contributed by atoms with Gasteiger partial charge in [0, 0.05) is 26.0 Å². The molecule has 0 spiro atoms. The van der Waals surface area contributed by atoms with Gasteiger partial charge in [-0.25, -0.2) is 0 Å². The van der Waals surface area contributed by atoms with Crippen molar-refractivity contribution in [1.82, 2.24) is 4.98 Å². The normalized spacial score (nSPS) is 11.3. The van der Waals surface area contributed by atoms with Crippen molar-refractivity contribution in [3.05, 3.63) is 57.0 Å². The minimum Gasteiger partial charge on any atom is -0.354 e. The van der Waals surface area contributed by atoms with E-state index in [2.05, 4.69) is 52.1 Å². The Balaban J connectivity index is 2.18. The highest BCUT2D eigenvalue weighted by Gasteiger charge is 2.16. The number of nitrogens with two attached hydrogens (primary N) is 1. The average molecular weight is 406 g/mol. The Kier molecular flexibility index (Phi) is 5.65. The van der Waals surface area contributed by atoms with Crippen molar-refractivity contribution in [2.75, 3.05) is 6.54 Å². The third-order valence-electron chi connectivity index (χ3n) is 4.46. The standard InChI is InChI=1S/C20H22BrClN2/c1-2-13-6-9-19-16(11-13)15(5-3-4-10-23)20(24-19)17-12-14(21)7-8-18(17)22/h6-9,11-12,24H,2-5,10,23H2,1H3. The molecule has 126 valence electrons. The van der Waals surface area contributed by atoms with Crippen molar-refractivity contribution in [3.8, 4) is 11.3 Å². The Morgan fingerprint density at radius 2 is 1.96 bits per heavy atom. The highest BCUT2D eigenvalue weighted by Crippen LogP contribution is 2.37. The summed E-state index contributed by atoms with van der Waals surface area (Å²) in [6, 6.07) is 12.7. The number of nitrogens with one attached hydrogen (secondary N) is 1. The predicted molar refractivity (Wildman–Crippen MR) is 108 cm³/mol. The van der Waals surface area contributed by atoms with Crippen LogP contribution in [0.4, 0.5) is 0 Å². The number of hydrogen-bond acceptors (Lipinski definition) is 1. The first kappa shape index (κ1) is 17.5. The van der Waals surface area contributed by atoms with E-state index in [0.29, 0.717) is 0 Å². The fraction of sp³-hybridized carbons (Fsp3) is 0.300. The average Bonchev–Trinajstić information content (AvgIpc) is 2.95. The summed E-state index contributed by atoms with van der Waals surface area (Å²) in [5, 5.41) is 2.07. The van der Waals surface area contributed by atoms with E-state index in [1.165, 1.54) is 22.0 Å². The van der Waals surface area contributed by atoms with Crippen molar-refractivity contribution < 1.29 is 0 Å². The van der Waals surface area contributed by atoms with Gasteiger partial charge in [-0.05, 0) is 73.7 Å². The number of halogens is 2. The highest BCUT2D eigenvalue weighted by molar-refractivity contribution is 9.10. The van der Waals surface area contributed by atoms with Gasteiger partial charge in [0.2, 0.25) is 0 Å². The summed E-state index contributed by atoms with van der Waals surface area (Å²) < 4.78 is 1.03. The molecular formula is C20H22BrClN2. The summed E-state index contributed by atoms with van der Waals surface area (Å²) in [5.74, 6) is 0. The molecule has 3 N–H and O–H groups in total. The van der Waals surface area contributed by atoms with E-state index in [1.807, 2.05) is 12.1 Å². The Labute approximate surface area is 156 Å². The maximum atomic E-state index is 6.49. The first-order valence-electron chi connectivity index (χ1n) is 8.43. The molecule has 0 saturated carbocycles. The Morgan fingerprint density at radius 3 is 2.71 bits per heavy atom. The molecular weight excluding hydrogens is 384 g/mol. The van der Waals surface area contributed by atoms with Crippen LogP contribution in [0.1, 0.15) is 30.9 Å². The summed E-state index contributed by atoms with van der Waals surface area (Å²) >= 11 is 10.0. The zero-order chi connectivity index (χ0) is 17.1. The third-order valence-corrected chi connectivity index (χ3v) is 5.28. The van der Waals surface area contributed by atoms with Crippen LogP contribution in [0.15, 0.2) is 40.9 Å². The zero-order valence-corrected chi connectivity index (χ0v) is 16.2. The SMILES string of the molecule is CCc1ccc2[nH]c(-c3cc(Br)ccc3Cl)c(CCCCN)c2c1. The first-order chi connectivity index (χ1) is 11.6. The molecule has 2 aromatic carbocycles. The van der Waals surface area contributed by atoms with Crippen LogP contribution in [-0.4, -0.2) is 11.5 Å². The van der Waals surface area contributed by atoms with E-state index in [0.717, 1.165) is 53.0 Å². The maximum Gasteiger partial charge on any atom is 0.0512 e. The van der Waals surface area contributed by atoms with Gasteiger partial charge < -0.3 is 10.7 Å². The first-order valence-corrected chi connectivity index (χ1v) is 9.60. The van der Waals surface area contributed by atoms with Gasteiger partial charge in [0.25, 0.3) is 0 Å². The minimum absolute atomic E-state index is 0.732. The van der Waals surface area contributed by atoms with Gasteiger partial charge in [0.05, 0.1) is 5.69 Å². The number of benzene rings is 2. The molecule has 0 bridgehead atoms. The van der Waals surface area contributed by atoms with Crippen LogP contribution in [-0.2, 0) is 12.8 Å². The molecule has 0 unspecified atom stereocenters. The van der Waals surface area contributed by atoms with E-state index in [1.54, 1.807) is 0 Å². The monoisotopic (exact) mass is 404 g/mol. The van der Waals surface area contributed by atoms with Crippen LogP contribution in [0.5, 0.6) is 0 Å². The van der Waals surface area contributed by atoms with Gasteiger partial charge in [-0.1, -0.05) is 40.5 Å². The number of H-pyrrole nitrogens is 1. The Bertz CT molecular complexity index is 854. The quantitative estimate of drug-likeness (QED) is 0.478. The van der Waals surface area contributed by atoms with Crippen molar-refractivity contribution in [1.29, 1.82) is 0 Å². The lowest BCUT2D eigenvalue weighted by Crippen LogP contribution is -1.99. The molecule has 1 heterocycles. The Hall–Kier alpha value is -1.29. The Morgan fingerprint density at radius 1 is 1.12 bits per heavy atom. The number of hydrogen-bond donors (Lipinski definition) is 2. The molecule has 0 radical (unpaired) electrons. The molecule has 2 nitrogen and oxygen atoms in total. The number of aromatic nitrogens is 1. The molecule has 0 saturated heterocycles. The van der Waals surface area contributed by atoms with Crippen LogP contribution < -0.4 is 5.73 Å². The lowest BCUT2D eigenvalue weighted by molar-refractivity contribution is 0.748. The van der Waals surface area contributed by atoms with Gasteiger partial charge in [0.1, 0.15) is 0 Å². The van der Waals surface area contributed by atoms with E-state index >= 15 is 0 Å². The molecule has 4 heteroatoms. The number of aromatic amines is 1. The van der Waals surface area contributed by atoms with Crippen LogP contribution >= 0.6 is 27.5 Å². The van der Waals surface area contributed by atoms with Crippen molar-refractivity contribution in [2.45, 2.75) is 32.6 Å². The van der Waals surface area contributed by atoms with Crippen LogP contribution in [0, 0.1) is 0 Å². The fourth-order valence-corrected chi connectivity index (χ4v) is 3.71. The van der Waals surface area contributed by atoms with Gasteiger partial charge in [-0.2, -0.15) is 0 Å². The number of fused-ring (bicyclic) bond motifs is 1. The van der Waals surface area contributed by atoms with Crippen molar-refractivity contribution in [2.24, 2.45) is 5.73 Å². The van der Waals surface area contributed by atoms with E-state index in [4.69, 9.17) is 17.3 Å². The van der Waals surface area contributed by atoms with E-state index in [-0.39, 0.29) is 0 Å². The van der Waals surface area contributed by atoms with Crippen LogP contribution in [0.3, 0.4) is 0 Å². The third kappa shape index (κ3) is 3.53. The topological polar surface area (TPSA) is 41.8 Å². The van der Waals surface area contributed by atoms with E-state index < -0.39 is 0 Å². The van der Waals surface area contributed by atoms with Gasteiger partial charge >= 0.3 is 0 Å². The summed E-state index contributed by atoms with van der Waals surface area (Å²) in [4.78, 5) is 3.59. The summed E-state index contributed by atoms with van der Waals surface area (Å²) in [5.41, 5.74) is 11.7. The number of rotatable bonds is 6. The van der Waals surface area contributed by atoms with Crippen molar-refractivity contribution >= 4 is 38.4 Å². The van der Waals surface area contributed by atoms with Crippen LogP contribution in [0.2, 0.25) is 5.02 Å². The second-order valence-corrected chi connectivity index (χ2v) is 7.40. The minimum atomic E-state index is 0.732. The molecule has 0 atom stereocenters. The largest absolute Gasteiger partial charge is 0.354 e. The molecule has 0 aliphatic heterocycles. The molecule has 0 aliphatic rings. The van der Waals surface area contributed by atoms with Crippen molar-refractivity contribution in [3.63, 3.8) is 0 Å². The maximum absolute atomic E-state index is 6.49. The van der Waals surface area contributed by atoms with E-state index in [9.17, 15) is 0 Å². The summed E-state index contributed by atoms with van der Waals surface area (Å²) in [7, 11) is 0. The smallest absolute Gasteiger partial charge is 0.0512 e. The molecule has 3 aromatic rings. The zero-order valence-electron chi connectivity index (χ0n) is 13.8. The molecule has 0 fully saturated rings. The second-order valence-electron chi connectivity index (χ2n) is 6.08. The second kappa shape index (κ2) is 7.73. The molecule has 0 aliphatic carbocycles. The van der Waals surface area contributed by atoms with Gasteiger partial charge in [-0.15, -0.1) is 0 Å². The highest BCUT2D eigenvalue weighted by atomic mass is 79.9. The number of unbranched alkanes of at least 4 members (excludes halogenated alkanes) is 1. The molecule has 0 amide bonds. The lowest BCUT2D eigenvalue weighted by atomic mass is 9.99. The number of aryl methyl sites for hydroxylation is 2. The molecule has 1 aromatic heterocycles. The summed E-state index contributed by atoms with van der Waals surface area (Å²) in [6.45, 7) is 2.92. The van der Waals surface area contributed by atoms with Gasteiger partial charge in [0.15, 0.2) is 0 Å². The fourth-order valence-electron chi connectivity index (χ4n) is 3.14. The predicted octanol–water partition coefficient (Wildman–Crippen LogP) is 6.09. The molecule has 3 rings (SSSR count). The van der Waals surface area contributed by atoms with Crippen LogP contribution in [0.25, 0.3) is 22.2 Å². The lowest BCUT2D eigenvalue weighted by Gasteiger charge is -2.08. The van der Waals surface area contributed by atoms with Gasteiger partial charge in [-0.3, -0.25) is 0 Å².